The molecule has 35 unspecified atom stereocenters. The molecule has 0 heteroatoms. The molecule has 0 nitrogen and oxygen atoms in total. The summed E-state index contributed by atoms with van der Waals surface area (Å²) in [5.74, 6) is 39.8. The maximum Gasteiger partial charge on any atom is -0.0318 e. The molecule has 69 heavy (non-hydrogen) atoms. The predicted octanol–water partition coefficient (Wildman–Crippen LogP) is 17.9. The number of rotatable bonds is 4. The van der Waals surface area contributed by atoms with Crippen molar-refractivity contribution in [1.29, 1.82) is 0 Å². The summed E-state index contributed by atoms with van der Waals surface area (Å²) in [5, 5.41) is 0. The average Bonchev–Trinajstić information content (AvgIpc) is 3.36. The maximum absolute atomic E-state index is 2.63. The van der Waals surface area contributed by atoms with E-state index in [2.05, 4.69) is 20.8 Å². The van der Waals surface area contributed by atoms with Crippen LogP contribution < -0.4 is 0 Å². The maximum atomic E-state index is 2.63. The number of hydrogen-bond donors (Lipinski definition) is 0. The van der Waals surface area contributed by atoms with Crippen LogP contribution in [0.5, 0.6) is 0 Å². The van der Waals surface area contributed by atoms with Crippen molar-refractivity contribution in [2.75, 3.05) is 0 Å². The van der Waals surface area contributed by atoms with Gasteiger partial charge >= 0.3 is 0 Å². The second-order valence-corrected chi connectivity index (χ2v) is 33.4. The summed E-state index contributed by atoms with van der Waals surface area (Å²) in [5.41, 5.74) is 0. The molecule has 17 aliphatic rings. The van der Waals surface area contributed by atoms with Crippen molar-refractivity contribution >= 4 is 0 Å². The SMILES string of the molecule is CCC1CC(C)CC2CCCC(C3CCC4CC5CC(CC6CC7CCC8CC9CC%10CCC%11C%12CCC(C)CC%12CC%12CC%13CC%14CC(C6)C7C8C%14C9C%13C%10C%12%11)CC6CCC7CCC3C4C7C65)C12. The summed E-state index contributed by atoms with van der Waals surface area (Å²) in [6.45, 7) is 7.85. The van der Waals surface area contributed by atoms with Crippen LogP contribution in [0, 0.1) is 207 Å². The first-order valence-electron chi connectivity index (χ1n) is 33.9. The molecule has 0 radical (unpaired) electrons. The molecule has 0 saturated heterocycles. The van der Waals surface area contributed by atoms with Gasteiger partial charge in [0.1, 0.15) is 0 Å². The van der Waals surface area contributed by atoms with Crippen LogP contribution in [0.25, 0.3) is 0 Å². The molecule has 0 aromatic rings. The Balaban J connectivity index is 0.602. The van der Waals surface area contributed by atoms with E-state index in [1.165, 1.54) is 59.7 Å². The highest BCUT2D eigenvalue weighted by Crippen LogP contribution is 2.76. The van der Waals surface area contributed by atoms with Crippen LogP contribution in [-0.2, 0) is 0 Å². The third-order valence-corrected chi connectivity index (χ3v) is 31.5. The van der Waals surface area contributed by atoms with Crippen LogP contribution in [0.15, 0.2) is 0 Å². The molecule has 0 amide bonds. The quantitative estimate of drug-likeness (QED) is 0.264. The molecule has 0 heterocycles. The minimum atomic E-state index is 1.000. The summed E-state index contributed by atoms with van der Waals surface area (Å²) in [6, 6.07) is 0. The van der Waals surface area contributed by atoms with Gasteiger partial charge in [0.15, 0.2) is 0 Å². The zero-order valence-electron chi connectivity index (χ0n) is 45.1. The van der Waals surface area contributed by atoms with Gasteiger partial charge in [-0.2, -0.15) is 0 Å². The summed E-state index contributed by atoms with van der Waals surface area (Å²) in [7, 11) is 0. The smallest absolute Gasteiger partial charge is 0.0318 e. The second-order valence-electron chi connectivity index (χ2n) is 33.4. The normalized spacial score (nSPS) is 65.3. The van der Waals surface area contributed by atoms with Crippen molar-refractivity contribution in [3.8, 4) is 0 Å². The fourth-order valence-electron chi connectivity index (χ4n) is 31.2. The van der Waals surface area contributed by atoms with Gasteiger partial charge in [-0.05, 0) is 380 Å². The Morgan fingerprint density at radius 2 is 0.638 bits per heavy atom. The highest BCUT2D eigenvalue weighted by Gasteiger charge is 2.70. The highest BCUT2D eigenvalue weighted by molar-refractivity contribution is 5.18. The van der Waals surface area contributed by atoms with Crippen LogP contribution in [-0.4, -0.2) is 0 Å². The van der Waals surface area contributed by atoms with Gasteiger partial charge in [0.05, 0.1) is 0 Å². The second kappa shape index (κ2) is 16.5. The minimum absolute atomic E-state index is 1.000. The van der Waals surface area contributed by atoms with Gasteiger partial charge in [0.25, 0.3) is 0 Å². The minimum Gasteiger partial charge on any atom is -0.0651 e. The third-order valence-electron chi connectivity index (χ3n) is 31.5. The Hall–Kier alpha value is 0. The molecule has 17 saturated carbocycles. The number of hydrogen-bond acceptors (Lipinski definition) is 0. The Kier molecular flexibility index (Phi) is 10.6. The van der Waals surface area contributed by atoms with Crippen molar-refractivity contribution in [3.63, 3.8) is 0 Å². The van der Waals surface area contributed by atoms with Gasteiger partial charge in [0.2, 0.25) is 0 Å². The lowest BCUT2D eigenvalue weighted by Gasteiger charge is -2.73. The molecular formula is C69H106. The molecule has 35 atom stereocenters. The van der Waals surface area contributed by atoms with Crippen molar-refractivity contribution in [1.82, 2.24) is 0 Å². The topological polar surface area (TPSA) is 0 Å². The zero-order valence-corrected chi connectivity index (χ0v) is 45.1. The van der Waals surface area contributed by atoms with E-state index in [1.807, 2.05) is 0 Å². The molecule has 382 valence electrons. The van der Waals surface area contributed by atoms with E-state index < -0.39 is 0 Å². The van der Waals surface area contributed by atoms with Crippen molar-refractivity contribution in [2.45, 2.75) is 220 Å². The first kappa shape index (κ1) is 44.2. The molecule has 0 aromatic heterocycles. The first-order chi connectivity index (χ1) is 33.9. The molecule has 0 aromatic carbocycles. The van der Waals surface area contributed by atoms with E-state index in [0.29, 0.717) is 0 Å². The van der Waals surface area contributed by atoms with Gasteiger partial charge in [-0.15, -0.1) is 0 Å². The van der Waals surface area contributed by atoms with E-state index >= 15 is 0 Å². The van der Waals surface area contributed by atoms with Gasteiger partial charge in [-0.3, -0.25) is 0 Å². The molecule has 0 bridgehead atoms. The standard InChI is InChI=1S/C69H106/c1-4-39-21-36(3)22-41-6-5-7-56(59(39)41)55-17-14-44-28-48-26-37(24-42-10-9-40-13-18-58(55)62(44)64(40)60(42)48)23-38-25-43-11-12-45-29-51-30-46-15-19-57-54-16-8-35(2)20-47(54)31-50-33-53-34-52-32-49(27-38)61(43)65(45)67(52)69(51)68(53)66(46)63(50)57/h35-69H,4-34H2,1-3H3. The lowest BCUT2D eigenvalue weighted by atomic mass is 9.32. The van der Waals surface area contributed by atoms with Gasteiger partial charge in [-0.25, -0.2) is 0 Å². The van der Waals surface area contributed by atoms with Crippen LogP contribution in [0.4, 0.5) is 0 Å². The molecule has 17 aliphatic carbocycles. The van der Waals surface area contributed by atoms with E-state index in [1.54, 1.807) is 193 Å². The van der Waals surface area contributed by atoms with Gasteiger partial charge < -0.3 is 0 Å². The molecular weight excluding hydrogens is 829 g/mol. The fourth-order valence-corrected chi connectivity index (χ4v) is 31.2. The van der Waals surface area contributed by atoms with E-state index in [9.17, 15) is 0 Å². The van der Waals surface area contributed by atoms with Crippen molar-refractivity contribution in [2.24, 2.45) is 207 Å². The molecule has 0 N–H and O–H groups in total. The summed E-state index contributed by atoms with van der Waals surface area (Å²) in [6.07, 6.45) is 51.5. The van der Waals surface area contributed by atoms with Crippen LogP contribution in [0.2, 0.25) is 0 Å². The van der Waals surface area contributed by atoms with E-state index in [4.69, 9.17) is 0 Å². The third kappa shape index (κ3) is 6.47. The summed E-state index contributed by atoms with van der Waals surface area (Å²) in [4.78, 5) is 0. The lowest BCUT2D eigenvalue weighted by Crippen LogP contribution is -2.67. The first-order valence-corrected chi connectivity index (χ1v) is 33.9. The molecule has 0 spiro atoms. The van der Waals surface area contributed by atoms with Crippen molar-refractivity contribution < 1.29 is 0 Å². The van der Waals surface area contributed by atoms with Gasteiger partial charge in [0, 0.05) is 0 Å². The monoisotopic (exact) mass is 935 g/mol. The molecule has 0 aliphatic heterocycles. The Morgan fingerprint density at radius 1 is 0.246 bits per heavy atom. The number of fused-ring (bicyclic) bond motifs is 3. The summed E-state index contributed by atoms with van der Waals surface area (Å²) < 4.78 is 0. The lowest BCUT2D eigenvalue weighted by molar-refractivity contribution is -0.249. The predicted molar refractivity (Wildman–Crippen MR) is 282 cm³/mol. The van der Waals surface area contributed by atoms with Crippen LogP contribution in [0.3, 0.4) is 0 Å². The summed E-state index contributed by atoms with van der Waals surface area (Å²) >= 11 is 0. The largest absolute Gasteiger partial charge is 0.0651 e. The van der Waals surface area contributed by atoms with Crippen molar-refractivity contribution in [3.05, 3.63) is 0 Å². The van der Waals surface area contributed by atoms with E-state index in [0.717, 1.165) is 154 Å². The van der Waals surface area contributed by atoms with Gasteiger partial charge in [-0.1, -0.05) is 46.5 Å². The highest BCUT2D eigenvalue weighted by atomic mass is 14.7. The van der Waals surface area contributed by atoms with E-state index in [-0.39, 0.29) is 0 Å². The van der Waals surface area contributed by atoms with Crippen LogP contribution in [0.1, 0.15) is 220 Å². The Morgan fingerprint density at radius 3 is 1.30 bits per heavy atom. The Labute approximate surface area is 424 Å². The molecule has 17 rings (SSSR count). The average molecular weight is 936 g/mol. The molecule has 17 fully saturated rings. The van der Waals surface area contributed by atoms with Crippen LogP contribution >= 0.6 is 0 Å². The Bertz CT molecular complexity index is 1920. The fraction of sp³-hybridized carbons (Fsp3) is 1.00. The zero-order chi connectivity index (χ0) is 45.1.